The van der Waals surface area contributed by atoms with Gasteiger partial charge in [-0.3, -0.25) is 19.1 Å². The predicted octanol–water partition coefficient (Wildman–Crippen LogP) is 3.24. The van der Waals surface area contributed by atoms with Crippen LogP contribution in [0.25, 0.3) is 10.2 Å². The fourth-order valence-electron chi connectivity index (χ4n) is 3.62. The highest BCUT2D eigenvalue weighted by Gasteiger charge is 2.24. The summed E-state index contributed by atoms with van der Waals surface area (Å²) in [5.41, 5.74) is 2.15. The Kier molecular flexibility index (Phi) is 5.43. The summed E-state index contributed by atoms with van der Waals surface area (Å²) in [6, 6.07) is 10.4. The minimum Gasteiger partial charge on any atom is -0.465 e. The number of H-pyrrole nitrogens is 1. The fraction of sp³-hybridized carbons (Fsp3) is 0.350. The topological polar surface area (TPSA) is 67.3 Å². The number of carbonyl (C=O) groups excluding carboxylic acids is 1. The van der Waals surface area contributed by atoms with Crippen LogP contribution in [-0.4, -0.2) is 33.6 Å². The minimum atomic E-state index is -0.457. The maximum absolute atomic E-state index is 13.1. The Morgan fingerprint density at radius 3 is 2.86 bits per heavy atom. The van der Waals surface area contributed by atoms with Crippen LogP contribution < -0.4 is 5.56 Å². The lowest BCUT2D eigenvalue weighted by Gasteiger charge is -2.26. The van der Waals surface area contributed by atoms with E-state index in [9.17, 15) is 9.59 Å². The number of nitrogens with zero attached hydrogens (tertiary/aromatic N) is 2. The highest BCUT2D eigenvalue weighted by atomic mass is 32.1. The molecule has 1 aliphatic heterocycles. The molecule has 6 nitrogen and oxygen atoms in total. The monoisotopic (exact) mass is 415 g/mol. The zero-order chi connectivity index (χ0) is 19.7. The fourth-order valence-corrected chi connectivity index (χ4v) is 5.21. The molecule has 0 fully saturated rings. The zero-order valence-corrected chi connectivity index (χ0v) is 17.2. The van der Waals surface area contributed by atoms with E-state index in [1.165, 1.54) is 15.0 Å². The first kappa shape index (κ1) is 19.0. The molecule has 3 heterocycles. The Balaban J connectivity index is 1.66. The number of thiophene rings is 1. The Labute approximate surface area is 171 Å². The van der Waals surface area contributed by atoms with Gasteiger partial charge in [0.15, 0.2) is 4.77 Å². The maximum Gasteiger partial charge on any atom is 0.326 e. The van der Waals surface area contributed by atoms with Gasteiger partial charge in [-0.15, -0.1) is 11.3 Å². The SMILES string of the molecule is CCOC(=O)Cn1c(=S)[nH]c2sc3c(c2c1=O)CCN(Cc1ccccc1)C3. The molecule has 0 saturated carbocycles. The van der Waals surface area contributed by atoms with Crippen molar-refractivity contribution in [1.82, 2.24) is 14.5 Å². The second kappa shape index (κ2) is 7.98. The van der Waals surface area contributed by atoms with Crippen molar-refractivity contribution in [1.29, 1.82) is 0 Å². The first-order valence-corrected chi connectivity index (χ1v) is 10.5. The summed E-state index contributed by atoms with van der Waals surface area (Å²) >= 11 is 6.90. The Morgan fingerprint density at radius 2 is 2.11 bits per heavy atom. The van der Waals surface area contributed by atoms with Crippen LogP contribution in [0.1, 0.15) is 22.9 Å². The number of ether oxygens (including phenoxy) is 1. The molecule has 0 spiro atoms. The summed E-state index contributed by atoms with van der Waals surface area (Å²) in [5, 5.41) is 0.664. The van der Waals surface area contributed by atoms with Crippen LogP contribution in [0.3, 0.4) is 0 Å². The van der Waals surface area contributed by atoms with Crippen molar-refractivity contribution in [2.75, 3.05) is 13.2 Å². The van der Waals surface area contributed by atoms with Crippen molar-refractivity contribution in [3.63, 3.8) is 0 Å². The number of nitrogens with one attached hydrogen (secondary N) is 1. The van der Waals surface area contributed by atoms with Gasteiger partial charge in [-0.2, -0.15) is 0 Å². The molecule has 28 heavy (non-hydrogen) atoms. The van der Waals surface area contributed by atoms with Gasteiger partial charge < -0.3 is 9.72 Å². The van der Waals surface area contributed by atoms with Gasteiger partial charge in [0.05, 0.1) is 12.0 Å². The van der Waals surface area contributed by atoms with Gasteiger partial charge in [0.25, 0.3) is 5.56 Å². The molecule has 2 aromatic heterocycles. The van der Waals surface area contributed by atoms with Crippen molar-refractivity contribution in [2.24, 2.45) is 0 Å². The Hall–Kier alpha value is -2.29. The molecular formula is C20H21N3O3S2. The minimum absolute atomic E-state index is 0.164. The van der Waals surface area contributed by atoms with Crippen molar-refractivity contribution in [3.8, 4) is 0 Å². The van der Waals surface area contributed by atoms with E-state index in [1.54, 1.807) is 18.3 Å². The van der Waals surface area contributed by atoms with E-state index in [0.29, 0.717) is 5.39 Å². The molecule has 4 rings (SSSR count). The van der Waals surface area contributed by atoms with Crippen LogP contribution in [0.5, 0.6) is 0 Å². The molecule has 0 aliphatic carbocycles. The van der Waals surface area contributed by atoms with Gasteiger partial charge in [-0.25, -0.2) is 0 Å². The number of fused-ring (bicyclic) bond motifs is 3. The molecule has 3 aromatic rings. The number of benzene rings is 1. The maximum atomic E-state index is 13.1. The van der Waals surface area contributed by atoms with E-state index in [4.69, 9.17) is 17.0 Å². The van der Waals surface area contributed by atoms with Crippen LogP contribution in [0.15, 0.2) is 35.1 Å². The van der Waals surface area contributed by atoms with Crippen molar-refractivity contribution >= 4 is 39.7 Å². The number of rotatable bonds is 5. The molecule has 1 aliphatic rings. The highest BCUT2D eigenvalue weighted by Crippen LogP contribution is 2.32. The van der Waals surface area contributed by atoms with Crippen LogP contribution in [-0.2, 0) is 35.6 Å². The van der Waals surface area contributed by atoms with Crippen LogP contribution in [0.2, 0.25) is 0 Å². The third-order valence-corrected chi connectivity index (χ3v) is 6.36. The summed E-state index contributed by atoms with van der Waals surface area (Å²) in [7, 11) is 0. The van der Waals surface area contributed by atoms with E-state index in [0.717, 1.165) is 36.4 Å². The first-order valence-electron chi connectivity index (χ1n) is 9.26. The van der Waals surface area contributed by atoms with Gasteiger partial charge in [-0.05, 0) is 36.7 Å². The summed E-state index contributed by atoms with van der Waals surface area (Å²) < 4.78 is 6.53. The second-order valence-electron chi connectivity index (χ2n) is 6.78. The van der Waals surface area contributed by atoms with E-state index in [1.807, 2.05) is 6.07 Å². The lowest BCUT2D eigenvalue weighted by atomic mass is 10.0. The van der Waals surface area contributed by atoms with Gasteiger partial charge in [0, 0.05) is 24.5 Å². The Bertz CT molecular complexity index is 1130. The number of hydrogen-bond donors (Lipinski definition) is 1. The lowest BCUT2D eigenvalue weighted by molar-refractivity contribution is -0.143. The number of carbonyl (C=O) groups is 1. The standard InChI is InChI=1S/C20H21N3O3S2/c1-2-26-16(24)12-23-19(25)17-14-8-9-22(10-13-6-4-3-5-7-13)11-15(14)28-18(17)21-20(23)27/h3-7H,2,8-12H2,1H3,(H,21,27). The average molecular weight is 416 g/mol. The van der Waals surface area contributed by atoms with Crippen LogP contribution in [0.4, 0.5) is 0 Å². The number of aromatic nitrogens is 2. The third kappa shape index (κ3) is 3.67. The van der Waals surface area contributed by atoms with Crippen LogP contribution in [0, 0.1) is 4.77 Å². The van der Waals surface area contributed by atoms with E-state index in [2.05, 4.69) is 34.1 Å². The second-order valence-corrected chi connectivity index (χ2v) is 8.27. The molecular weight excluding hydrogens is 394 g/mol. The van der Waals surface area contributed by atoms with Crippen LogP contribution >= 0.6 is 23.6 Å². The van der Waals surface area contributed by atoms with E-state index >= 15 is 0 Å². The molecule has 0 radical (unpaired) electrons. The van der Waals surface area contributed by atoms with Gasteiger partial charge in [-0.1, -0.05) is 30.3 Å². The molecule has 0 unspecified atom stereocenters. The first-order chi connectivity index (χ1) is 13.6. The number of aromatic amines is 1. The quantitative estimate of drug-likeness (QED) is 0.512. The lowest BCUT2D eigenvalue weighted by Crippen LogP contribution is -2.30. The molecule has 146 valence electrons. The van der Waals surface area contributed by atoms with E-state index in [-0.39, 0.29) is 23.5 Å². The molecule has 0 amide bonds. The predicted molar refractivity (Wildman–Crippen MR) is 112 cm³/mol. The van der Waals surface area contributed by atoms with Crippen molar-refractivity contribution in [3.05, 3.63) is 61.5 Å². The number of esters is 1. The molecule has 0 bridgehead atoms. The summed E-state index contributed by atoms with van der Waals surface area (Å²) in [4.78, 5) is 32.4. The van der Waals surface area contributed by atoms with Gasteiger partial charge in [0.2, 0.25) is 0 Å². The molecule has 0 atom stereocenters. The molecule has 8 heteroatoms. The summed E-state index contributed by atoms with van der Waals surface area (Å²) in [5.74, 6) is -0.457. The van der Waals surface area contributed by atoms with Crippen molar-refractivity contribution < 1.29 is 9.53 Å². The summed E-state index contributed by atoms with van der Waals surface area (Å²) in [6.07, 6.45) is 0.807. The summed E-state index contributed by atoms with van der Waals surface area (Å²) in [6.45, 7) is 4.43. The number of hydrogen-bond acceptors (Lipinski definition) is 6. The van der Waals surface area contributed by atoms with Crippen molar-refractivity contribution in [2.45, 2.75) is 33.0 Å². The normalized spacial score (nSPS) is 14.2. The highest BCUT2D eigenvalue weighted by molar-refractivity contribution is 7.71. The average Bonchev–Trinajstić information content (AvgIpc) is 3.03. The largest absolute Gasteiger partial charge is 0.465 e. The smallest absolute Gasteiger partial charge is 0.326 e. The molecule has 0 saturated heterocycles. The zero-order valence-electron chi connectivity index (χ0n) is 15.6. The van der Waals surface area contributed by atoms with Gasteiger partial charge in [0.1, 0.15) is 11.4 Å². The molecule has 1 N–H and O–H groups in total. The third-order valence-electron chi connectivity index (χ3n) is 4.90. The van der Waals surface area contributed by atoms with Gasteiger partial charge >= 0.3 is 5.97 Å². The Morgan fingerprint density at radius 1 is 1.32 bits per heavy atom. The molecule has 1 aromatic carbocycles. The van der Waals surface area contributed by atoms with E-state index < -0.39 is 5.97 Å².